The molecule has 1 aromatic rings. The summed E-state index contributed by atoms with van der Waals surface area (Å²) >= 11 is 0. The Morgan fingerprint density at radius 3 is 2.53 bits per heavy atom. The molecule has 108 valence electrons. The van der Waals surface area contributed by atoms with Gasteiger partial charge < -0.3 is 20.3 Å². The van der Waals surface area contributed by atoms with E-state index in [1.807, 2.05) is 39.0 Å². The molecule has 0 saturated carbocycles. The van der Waals surface area contributed by atoms with E-state index in [0.29, 0.717) is 18.2 Å². The zero-order valence-electron chi connectivity index (χ0n) is 12.2. The van der Waals surface area contributed by atoms with Crippen LogP contribution >= 0.6 is 0 Å². The van der Waals surface area contributed by atoms with Crippen molar-refractivity contribution in [2.24, 2.45) is 5.92 Å². The first kappa shape index (κ1) is 16.0. The standard InChI is InChI=1S/C15H25NO3/c1-10(2)13(9-17)16-8-14(18)12-7-11(3)5-6-15(12)19-4/h5-7,10,13-14,16-18H,8-9H2,1-4H3. The van der Waals surface area contributed by atoms with Crippen LogP contribution < -0.4 is 10.1 Å². The second kappa shape index (κ2) is 7.48. The van der Waals surface area contributed by atoms with Gasteiger partial charge in [0.05, 0.1) is 19.8 Å². The molecule has 1 aromatic carbocycles. The molecule has 0 spiro atoms. The summed E-state index contributed by atoms with van der Waals surface area (Å²) in [5.41, 5.74) is 1.85. The van der Waals surface area contributed by atoms with Crippen LogP contribution in [-0.4, -0.2) is 36.5 Å². The summed E-state index contributed by atoms with van der Waals surface area (Å²) in [6, 6.07) is 5.73. The van der Waals surface area contributed by atoms with Crippen molar-refractivity contribution >= 4 is 0 Å². The number of ether oxygens (including phenoxy) is 1. The molecule has 0 radical (unpaired) electrons. The van der Waals surface area contributed by atoms with Gasteiger partial charge in [-0.25, -0.2) is 0 Å². The number of benzene rings is 1. The smallest absolute Gasteiger partial charge is 0.124 e. The van der Waals surface area contributed by atoms with Crippen molar-refractivity contribution in [3.63, 3.8) is 0 Å². The number of aliphatic hydroxyl groups excluding tert-OH is 2. The van der Waals surface area contributed by atoms with Gasteiger partial charge in [-0.05, 0) is 25.0 Å². The monoisotopic (exact) mass is 267 g/mol. The zero-order chi connectivity index (χ0) is 14.4. The highest BCUT2D eigenvalue weighted by molar-refractivity contribution is 5.38. The molecular formula is C15H25NO3. The van der Waals surface area contributed by atoms with Crippen molar-refractivity contribution < 1.29 is 14.9 Å². The minimum absolute atomic E-state index is 0.00884. The van der Waals surface area contributed by atoms with E-state index >= 15 is 0 Å². The van der Waals surface area contributed by atoms with Crippen molar-refractivity contribution in [1.82, 2.24) is 5.32 Å². The van der Waals surface area contributed by atoms with E-state index in [2.05, 4.69) is 5.32 Å². The SMILES string of the molecule is COc1ccc(C)cc1C(O)CNC(CO)C(C)C. The Kier molecular flexibility index (Phi) is 6.28. The van der Waals surface area contributed by atoms with Crippen LogP contribution in [0.1, 0.15) is 31.1 Å². The minimum Gasteiger partial charge on any atom is -0.496 e. The lowest BCUT2D eigenvalue weighted by atomic mass is 10.0. The average Bonchev–Trinajstić information content (AvgIpc) is 2.38. The highest BCUT2D eigenvalue weighted by atomic mass is 16.5. The molecule has 0 heterocycles. The maximum absolute atomic E-state index is 10.3. The van der Waals surface area contributed by atoms with Gasteiger partial charge in [0.1, 0.15) is 5.75 Å². The van der Waals surface area contributed by atoms with Gasteiger partial charge in [0.15, 0.2) is 0 Å². The molecule has 0 bridgehead atoms. The third kappa shape index (κ3) is 4.49. The Balaban J connectivity index is 2.72. The van der Waals surface area contributed by atoms with Gasteiger partial charge in [-0.2, -0.15) is 0 Å². The van der Waals surface area contributed by atoms with Crippen LogP contribution in [0.25, 0.3) is 0 Å². The fourth-order valence-corrected chi connectivity index (χ4v) is 2.00. The highest BCUT2D eigenvalue weighted by Gasteiger charge is 2.17. The molecule has 4 heteroatoms. The maximum atomic E-state index is 10.3. The molecule has 0 aliphatic carbocycles. The fraction of sp³-hybridized carbons (Fsp3) is 0.600. The van der Waals surface area contributed by atoms with E-state index in [4.69, 9.17) is 4.74 Å². The molecule has 0 saturated heterocycles. The Morgan fingerprint density at radius 1 is 1.32 bits per heavy atom. The van der Waals surface area contributed by atoms with Gasteiger partial charge in [-0.3, -0.25) is 0 Å². The van der Waals surface area contributed by atoms with E-state index in [1.165, 1.54) is 0 Å². The van der Waals surface area contributed by atoms with E-state index in [9.17, 15) is 10.2 Å². The normalized spacial score (nSPS) is 14.5. The Labute approximate surface area is 115 Å². The highest BCUT2D eigenvalue weighted by Crippen LogP contribution is 2.26. The first-order valence-electron chi connectivity index (χ1n) is 6.66. The number of aliphatic hydroxyl groups is 2. The van der Waals surface area contributed by atoms with Crippen molar-refractivity contribution in [2.45, 2.75) is 32.9 Å². The van der Waals surface area contributed by atoms with Crippen LogP contribution in [0.2, 0.25) is 0 Å². The minimum atomic E-state index is -0.650. The summed E-state index contributed by atoms with van der Waals surface area (Å²) < 4.78 is 5.26. The Morgan fingerprint density at radius 2 is 2.00 bits per heavy atom. The van der Waals surface area contributed by atoms with Crippen molar-refractivity contribution in [1.29, 1.82) is 0 Å². The lowest BCUT2D eigenvalue weighted by Gasteiger charge is -2.23. The first-order valence-corrected chi connectivity index (χ1v) is 6.66. The fourth-order valence-electron chi connectivity index (χ4n) is 2.00. The third-order valence-electron chi connectivity index (χ3n) is 3.32. The molecular weight excluding hydrogens is 242 g/mol. The molecule has 3 N–H and O–H groups in total. The van der Waals surface area contributed by atoms with Gasteiger partial charge in [-0.1, -0.05) is 25.5 Å². The van der Waals surface area contributed by atoms with Gasteiger partial charge in [-0.15, -0.1) is 0 Å². The zero-order valence-corrected chi connectivity index (χ0v) is 12.2. The molecule has 2 unspecified atom stereocenters. The molecule has 0 aliphatic rings. The number of hydrogen-bond donors (Lipinski definition) is 3. The Hall–Kier alpha value is -1.10. The van der Waals surface area contributed by atoms with Gasteiger partial charge >= 0.3 is 0 Å². The summed E-state index contributed by atoms with van der Waals surface area (Å²) in [5, 5.41) is 22.7. The van der Waals surface area contributed by atoms with Crippen LogP contribution in [-0.2, 0) is 0 Å². The summed E-state index contributed by atoms with van der Waals surface area (Å²) in [6.45, 7) is 6.51. The van der Waals surface area contributed by atoms with Gasteiger partial charge in [0.2, 0.25) is 0 Å². The predicted molar refractivity (Wildman–Crippen MR) is 76.4 cm³/mol. The Bertz CT molecular complexity index is 393. The average molecular weight is 267 g/mol. The maximum Gasteiger partial charge on any atom is 0.124 e. The van der Waals surface area contributed by atoms with Crippen LogP contribution in [0.4, 0.5) is 0 Å². The topological polar surface area (TPSA) is 61.7 Å². The lowest BCUT2D eigenvalue weighted by Crippen LogP contribution is -2.39. The molecule has 2 atom stereocenters. The number of hydrogen-bond acceptors (Lipinski definition) is 4. The first-order chi connectivity index (χ1) is 8.99. The van der Waals surface area contributed by atoms with E-state index < -0.39 is 6.10 Å². The summed E-state index contributed by atoms with van der Waals surface area (Å²) in [5.74, 6) is 1.00. The molecule has 19 heavy (non-hydrogen) atoms. The molecule has 1 rings (SSSR count). The molecule has 0 fully saturated rings. The summed E-state index contributed by atoms with van der Waals surface area (Å²) in [7, 11) is 1.60. The van der Waals surface area contributed by atoms with E-state index in [0.717, 1.165) is 11.1 Å². The molecule has 0 amide bonds. The van der Waals surface area contributed by atoms with Crippen molar-refractivity contribution in [3.8, 4) is 5.75 Å². The van der Waals surface area contributed by atoms with Crippen molar-refractivity contribution in [3.05, 3.63) is 29.3 Å². The van der Waals surface area contributed by atoms with E-state index in [1.54, 1.807) is 7.11 Å². The molecule has 4 nitrogen and oxygen atoms in total. The second-order valence-electron chi connectivity index (χ2n) is 5.20. The third-order valence-corrected chi connectivity index (χ3v) is 3.32. The van der Waals surface area contributed by atoms with Gasteiger partial charge in [0.25, 0.3) is 0 Å². The van der Waals surface area contributed by atoms with Crippen LogP contribution in [0.15, 0.2) is 18.2 Å². The van der Waals surface area contributed by atoms with E-state index in [-0.39, 0.29) is 12.6 Å². The lowest BCUT2D eigenvalue weighted by molar-refractivity contribution is 0.146. The number of nitrogens with one attached hydrogen (secondary N) is 1. The predicted octanol–water partition coefficient (Wildman–Crippen LogP) is 1.64. The van der Waals surface area contributed by atoms with Crippen LogP contribution in [0.3, 0.4) is 0 Å². The van der Waals surface area contributed by atoms with Crippen molar-refractivity contribution in [2.75, 3.05) is 20.3 Å². The largest absolute Gasteiger partial charge is 0.496 e. The number of rotatable bonds is 7. The number of aryl methyl sites for hydroxylation is 1. The summed E-state index contributed by atoms with van der Waals surface area (Å²) in [6.07, 6.45) is -0.650. The van der Waals surface area contributed by atoms with Crippen LogP contribution in [0, 0.1) is 12.8 Å². The molecule has 0 aliphatic heterocycles. The summed E-state index contributed by atoms with van der Waals surface area (Å²) in [4.78, 5) is 0. The van der Waals surface area contributed by atoms with Crippen LogP contribution in [0.5, 0.6) is 5.75 Å². The number of methoxy groups -OCH3 is 1. The second-order valence-corrected chi connectivity index (χ2v) is 5.20. The quantitative estimate of drug-likeness (QED) is 0.703. The molecule has 0 aromatic heterocycles. The van der Waals surface area contributed by atoms with Gasteiger partial charge in [0, 0.05) is 18.2 Å².